The van der Waals surface area contributed by atoms with E-state index < -0.39 is 17.5 Å². The molecule has 0 aliphatic carbocycles. The Morgan fingerprint density at radius 3 is 2.60 bits per heavy atom. The standard InChI is InChI=1S/C11H12F3N/c1-6-5-7(12)9(11(14)10(6)13)8-3-2-4-15-8/h5,8,15H,2-4H2,1H3/t8-/m0/s1. The van der Waals surface area contributed by atoms with Crippen LogP contribution in [0.1, 0.15) is 30.0 Å². The summed E-state index contributed by atoms with van der Waals surface area (Å²) in [6.45, 7) is 2.08. The van der Waals surface area contributed by atoms with Gasteiger partial charge in [-0.25, -0.2) is 13.2 Å². The van der Waals surface area contributed by atoms with Crippen molar-refractivity contribution in [2.24, 2.45) is 0 Å². The van der Waals surface area contributed by atoms with Crippen LogP contribution >= 0.6 is 0 Å². The van der Waals surface area contributed by atoms with Gasteiger partial charge in [-0.05, 0) is 37.9 Å². The predicted octanol–water partition coefficient (Wildman–Crippen LogP) is 2.84. The fourth-order valence-electron chi connectivity index (χ4n) is 1.98. The van der Waals surface area contributed by atoms with Crippen molar-refractivity contribution in [2.75, 3.05) is 6.54 Å². The molecule has 0 amide bonds. The van der Waals surface area contributed by atoms with E-state index in [-0.39, 0.29) is 17.2 Å². The highest BCUT2D eigenvalue weighted by Gasteiger charge is 2.26. The number of hydrogen-bond donors (Lipinski definition) is 1. The Bertz CT molecular complexity index is 384. The van der Waals surface area contributed by atoms with Crippen LogP contribution in [-0.4, -0.2) is 6.54 Å². The lowest BCUT2D eigenvalue weighted by molar-refractivity contribution is 0.451. The monoisotopic (exact) mass is 215 g/mol. The minimum Gasteiger partial charge on any atom is -0.310 e. The maximum Gasteiger partial charge on any atom is 0.166 e. The van der Waals surface area contributed by atoms with Gasteiger partial charge in [0, 0.05) is 11.6 Å². The Kier molecular flexibility index (Phi) is 2.69. The van der Waals surface area contributed by atoms with Gasteiger partial charge < -0.3 is 5.32 Å². The minimum atomic E-state index is -1.05. The van der Waals surface area contributed by atoms with Crippen LogP contribution in [0.5, 0.6) is 0 Å². The molecule has 1 aliphatic heterocycles. The van der Waals surface area contributed by atoms with E-state index in [1.54, 1.807) is 0 Å². The van der Waals surface area contributed by atoms with Gasteiger partial charge >= 0.3 is 0 Å². The average Bonchev–Trinajstić information content (AvgIpc) is 2.68. The van der Waals surface area contributed by atoms with Gasteiger partial charge in [0.15, 0.2) is 11.6 Å². The predicted molar refractivity (Wildman–Crippen MR) is 51.0 cm³/mol. The molecule has 0 spiro atoms. The summed E-state index contributed by atoms with van der Waals surface area (Å²) >= 11 is 0. The van der Waals surface area contributed by atoms with Crippen LogP contribution in [0.2, 0.25) is 0 Å². The maximum absolute atomic E-state index is 13.5. The lowest BCUT2D eigenvalue weighted by Gasteiger charge is -2.14. The van der Waals surface area contributed by atoms with Gasteiger partial charge in [0.05, 0.1) is 0 Å². The third-order valence-electron chi connectivity index (χ3n) is 2.78. The Hall–Kier alpha value is -1.03. The van der Waals surface area contributed by atoms with Crippen LogP contribution in [0.4, 0.5) is 13.2 Å². The topological polar surface area (TPSA) is 12.0 Å². The van der Waals surface area contributed by atoms with E-state index in [2.05, 4.69) is 5.32 Å². The van der Waals surface area contributed by atoms with E-state index in [4.69, 9.17) is 0 Å². The van der Waals surface area contributed by atoms with Crippen molar-refractivity contribution in [2.45, 2.75) is 25.8 Å². The molecule has 1 atom stereocenters. The van der Waals surface area contributed by atoms with Crippen LogP contribution in [0, 0.1) is 24.4 Å². The molecule has 0 aromatic heterocycles. The number of benzene rings is 1. The summed E-state index contributed by atoms with van der Waals surface area (Å²) in [6.07, 6.45) is 1.51. The molecular weight excluding hydrogens is 203 g/mol. The Balaban J connectivity index is 2.50. The molecule has 0 radical (unpaired) electrons. The van der Waals surface area contributed by atoms with Crippen molar-refractivity contribution in [3.05, 3.63) is 34.6 Å². The van der Waals surface area contributed by atoms with Crippen molar-refractivity contribution >= 4 is 0 Å². The van der Waals surface area contributed by atoms with E-state index in [9.17, 15) is 13.2 Å². The van der Waals surface area contributed by atoms with E-state index in [0.29, 0.717) is 6.42 Å². The number of aryl methyl sites for hydroxylation is 1. The molecule has 0 unspecified atom stereocenters. The second-order valence-corrected chi connectivity index (χ2v) is 3.87. The van der Waals surface area contributed by atoms with E-state index in [0.717, 1.165) is 19.0 Å². The van der Waals surface area contributed by atoms with Crippen LogP contribution in [0.25, 0.3) is 0 Å². The van der Waals surface area contributed by atoms with Gasteiger partial charge in [-0.15, -0.1) is 0 Å². The third kappa shape index (κ3) is 1.74. The van der Waals surface area contributed by atoms with Gasteiger partial charge in [0.25, 0.3) is 0 Å². The summed E-state index contributed by atoms with van der Waals surface area (Å²) < 4.78 is 40.3. The Labute approximate surface area is 86.3 Å². The number of rotatable bonds is 1. The molecule has 1 aromatic rings. The minimum absolute atomic E-state index is 0.00625. The Morgan fingerprint density at radius 2 is 2.00 bits per heavy atom. The van der Waals surface area contributed by atoms with Crippen LogP contribution in [0.3, 0.4) is 0 Å². The van der Waals surface area contributed by atoms with E-state index in [1.165, 1.54) is 6.92 Å². The molecule has 1 saturated heterocycles. The summed E-state index contributed by atoms with van der Waals surface area (Å²) in [5.41, 5.74) is -0.151. The molecule has 1 fully saturated rings. The first-order valence-electron chi connectivity index (χ1n) is 4.98. The molecule has 4 heteroatoms. The zero-order chi connectivity index (χ0) is 11.0. The zero-order valence-corrected chi connectivity index (χ0v) is 8.41. The van der Waals surface area contributed by atoms with Gasteiger partial charge in [-0.2, -0.15) is 0 Å². The van der Waals surface area contributed by atoms with Crippen LogP contribution in [0.15, 0.2) is 6.07 Å². The molecule has 1 heterocycles. The van der Waals surface area contributed by atoms with Crippen molar-refractivity contribution < 1.29 is 13.2 Å². The number of halogens is 3. The first-order valence-corrected chi connectivity index (χ1v) is 4.98. The molecule has 1 aliphatic rings. The quantitative estimate of drug-likeness (QED) is 0.710. The highest BCUT2D eigenvalue weighted by molar-refractivity contribution is 5.30. The normalized spacial score (nSPS) is 20.9. The molecule has 15 heavy (non-hydrogen) atoms. The number of nitrogens with one attached hydrogen (secondary N) is 1. The van der Waals surface area contributed by atoms with Gasteiger partial charge in [0.2, 0.25) is 0 Å². The van der Waals surface area contributed by atoms with Gasteiger partial charge in [0.1, 0.15) is 5.82 Å². The molecule has 1 aromatic carbocycles. The van der Waals surface area contributed by atoms with Gasteiger partial charge in [-0.1, -0.05) is 0 Å². The highest BCUT2D eigenvalue weighted by atomic mass is 19.2. The summed E-state index contributed by atoms with van der Waals surface area (Å²) in [5, 5.41) is 2.95. The maximum atomic E-state index is 13.5. The number of hydrogen-bond acceptors (Lipinski definition) is 1. The van der Waals surface area contributed by atoms with Gasteiger partial charge in [-0.3, -0.25) is 0 Å². The molecule has 82 valence electrons. The lowest BCUT2D eigenvalue weighted by atomic mass is 10.0. The summed E-state index contributed by atoms with van der Waals surface area (Å²) in [5.74, 6) is -2.65. The average molecular weight is 215 g/mol. The molecule has 0 bridgehead atoms. The first kappa shape index (κ1) is 10.5. The summed E-state index contributed by atoms with van der Waals surface area (Å²) in [7, 11) is 0. The van der Waals surface area contributed by atoms with E-state index >= 15 is 0 Å². The first-order chi connectivity index (χ1) is 7.11. The lowest BCUT2D eigenvalue weighted by Crippen LogP contribution is -2.17. The molecule has 1 nitrogen and oxygen atoms in total. The summed E-state index contributed by atoms with van der Waals surface area (Å²) in [6, 6.07) is 0.661. The van der Waals surface area contributed by atoms with Crippen molar-refractivity contribution in [1.29, 1.82) is 0 Å². The fourth-order valence-corrected chi connectivity index (χ4v) is 1.98. The molecule has 1 N–H and O–H groups in total. The van der Waals surface area contributed by atoms with Crippen LogP contribution in [-0.2, 0) is 0 Å². The smallest absolute Gasteiger partial charge is 0.166 e. The zero-order valence-electron chi connectivity index (χ0n) is 8.41. The van der Waals surface area contributed by atoms with Crippen molar-refractivity contribution in [3.8, 4) is 0 Å². The third-order valence-corrected chi connectivity index (χ3v) is 2.78. The summed E-state index contributed by atoms with van der Waals surface area (Å²) in [4.78, 5) is 0. The second-order valence-electron chi connectivity index (χ2n) is 3.87. The highest BCUT2D eigenvalue weighted by Crippen LogP contribution is 2.30. The van der Waals surface area contributed by atoms with Crippen LogP contribution < -0.4 is 5.32 Å². The largest absolute Gasteiger partial charge is 0.310 e. The fraction of sp³-hybridized carbons (Fsp3) is 0.455. The van der Waals surface area contributed by atoms with E-state index in [1.807, 2.05) is 0 Å². The SMILES string of the molecule is Cc1cc(F)c([C@@H]2CCCN2)c(F)c1F. The van der Waals surface area contributed by atoms with Crippen molar-refractivity contribution in [1.82, 2.24) is 5.32 Å². The molecule has 0 saturated carbocycles. The second kappa shape index (κ2) is 3.85. The molecular formula is C11H12F3N. The Morgan fingerprint density at radius 1 is 1.27 bits per heavy atom. The van der Waals surface area contributed by atoms with Crippen molar-refractivity contribution in [3.63, 3.8) is 0 Å². The molecule has 2 rings (SSSR count).